The number of carbonyl (C=O) groups is 2. The molecule has 5 heteroatoms. The Bertz CT molecular complexity index is 378. The first-order valence-corrected chi connectivity index (χ1v) is 7.81. The Balaban J connectivity index is 2.93. The van der Waals surface area contributed by atoms with Crippen LogP contribution in [0.4, 0.5) is 4.79 Å². The lowest BCUT2D eigenvalue weighted by molar-refractivity contribution is -0.154. The molecular formula is C16H29NO4. The second kappa shape index (κ2) is 6.67. The second-order valence-corrected chi connectivity index (χ2v) is 7.39. The summed E-state index contributed by atoms with van der Waals surface area (Å²) >= 11 is 0. The molecule has 1 fully saturated rings. The van der Waals surface area contributed by atoms with Crippen molar-refractivity contribution in [3.63, 3.8) is 0 Å². The molecule has 2 N–H and O–H groups in total. The van der Waals surface area contributed by atoms with E-state index in [4.69, 9.17) is 4.74 Å². The van der Waals surface area contributed by atoms with Crippen molar-refractivity contribution in [2.24, 2.45) is 11.3 Å². The summed E-state index contributed by atoms with van der Waals surface area (Å²) < 4.78 is 5.29. The molecule has 0 aromatic rings. The first-order chi connectivity index (χ1) is 9.58. The summed E-state index contributed by atoms with van der Waals surface area (Å²) in [5.41, 5.74) is -1.46. The number of amides is 1. The molecule has 0 radical (unpaired) electrons. The maximum atomic E-state index is 12.1. The van der Waals surface area contributed by atoms with Gasteiger partial charge in [-0.25, -0.2) is 4.79 Å². The van der Waals surface area contributed by atoms with E-state index in [0.29, 0.717) is 12.8 Å². The van der Waals surface area contributed by atoms with Gasteiger partial charge in [-0.2, -0.15) is 0 Å². The summed E-state index contributed by atoms with van der Waals surface area (Å²) in [6.07, 6.45) is 3.54. The van der Waals surface area contributed by atoms with E-state index in [-0.39, 0.29) is 5.92 Å². The zero-order valence-corrected chi connectivity index (χ0v) is 13.9. The van der Waals surface area contributed by atoms with Crippen molar-refractivity contribution in [1.82, 2.24) is 5.32 Å². The van der Waals surface area contributed by atoms with Crippen LogP contribution in [0, 0.1) is 11.3 Å². The number of hydrogen-bond donors (Lipinski definition) is 2. The third-order valence-electron chi connectivity index (χ3n) is 4.11. The van der Waals surface area contributed by atoms with Gasteiger partial charge < -0.3 is 15.2 Å². The van der Waals surface area contributed by atoms with Crippen LogP contribution in [0.2, 0.25) is 0 Å². The molecular weight excluding hydrogens is 270 g/mol. The number of aliphatic carboxylic acids is 1. The van der Waals surface area contributed by atoms with Crippen molar-refractivity contribution < 1.29 is 19.4 Å². The number of ether oxygens (including phenoxy) is 1. The van der Waals surface area contributed by atoms with Gasteiger partial charge >= 0.3 is 12.1 Å². The van der Waals surface area contributed by atoms with Crippen LogP contribution in [0.3, 0.4) is 0 Å². The van der Waals surface area contributed by atoms with Crippen LogP contribution in [-0.2, 0) is 9.53 Å². The van der Waals surface area contributed by atoms with Gasteiger partial charge in [-0.05, 0) is 39.5 Å². The number of hydrogen-bond acceptors (Lipinski definition) is 3. The molecule has 0 saturated heterocycles. The summed E-state index contributed by atoms with van der Waals surface area (Å²) in [5.74, 6) is -0.774. The quantitative estimate of drug-likeness (QED) is 0.832. The number of carboxylic acids is 1. The topological polar surface area (TPSA) is 75.6 Å². The van der Waals surface area contributed by atoms with Crippen molar-refractivity contribution in [3.8, 4) is 0 Å². The highest BCUT2D eigenvalue weighted by Crippen LogP contribution is 2.42. The minimum absolute atomic E-state index is 0.0340. The Labute approximate surface area is 127 Å². The molecule has 1 saturated carbocycles. The highest BCUT2D eigenvalue weighted by molar-refractivity contribution is 5.77. The number of carboxylic acid groups (broad SMARTS) is 1. The SMILES string of the molecule is CC(C)C(NC(=O)OC(C)(C)C)C1(C(=O)O)CCCCC1. The average molecular weight is 299 g/mol. The van der Waals surface area contributed by atoms with E-state index < -0.39 is 29.1 Å². The monoisotopic (exact) mass is 299 g/mol. The van der Waals surface area contributed by atoms with Gasteiger partial charge in [-0.1, -0.05) is 33.1 Å². The summed E-state index contributed by atoms with van der Waals surface area (Å²) in [6.45, 7) is 9.28. The number of rotatable bonds is 4. The number of nitrogens with one attached hydrogen (secondary N) is 1. The van der Waals surface area contributed by atoms with E-state index in [1.807, 2.05) is 13.8 Å². The Morgan fingerprint density at radius 3 is 2.05 bits per heavy atom. The fourth-order valence-corrected chi connectivity index (χ4v) is 3.22. The molecule has 1 rings (SSSR count). The predicted octanol–water partition coefficient (Wildman–Crippen LogP) is 3.57. The molecule has 0 heterocycles. The van der Waals surface area contributed by atoms with Gasteiger partial charge in [0.2, 0.25) is 0 Å². The molecule has 0 aliphatic heterocycles. The first kappa shape index (κ1) is 17.8. The lowest BCUT2D eigenvalue weighted by Crippen LogP contribution is -2.56. The fraction of sp³-hybridized carbons (Fsp3) is 0.875. The van der Waals surface area contributed by atoms with Crippen LogP contribution in [0.25, 0.3) is 0 Å². The number of carbonyl (C=O) groups excluding carboxylic acids is 1. The normalized spacial score (nSPS) is 19.9. The third-order valence-corrected chi connectivity index (χ3v) is 4.11. The summed E-state index contributed by atoms with van der Waals surface area (Å²) in [7, 11) is 0. The van der Waals surface area contributed by atoms with Gasteiger partial charge in [0.1, 0.15) is 5.60 Å². The highest BCUT2D eigenvalue weighted by Gasteiger charge is 2.48. The molecule has 21 heavy (non-hydrogen) atoms. The molecule has 1 aliphatic carbocycles. The summed E-state index contributed by atoms with van der Waals surface area (Å²) in [4.78, 5) is 24.0. The predicted molar refractivity (Wildman–Crippen MR) is 81.1 cm³/mol. The lowest BCUT2D eigenvalue weighted by Gasteiger charge is -2.42. The van der Waals surface area contributed by atoms with Crippen molar-refractivity contribution in [2.45, 2.75) is 78.4 Å². The Morgan fingerprint density at radius 1 is 1.14 bits per heavy atom. The smallest absolute Gasteiger partial charge is 0.407 e. The van der Waals surface area contributed by atoms with Crippen LogP contribution >= 0.6 is 0 Å². The standard InChI is InChI=1S/C16H29NO4/c1-11(2)12(17-14(20)21-15(3,4)5)16(13(18)19)9-7-6-8-10-16/h11-12H,6-10H2,1-5H3,(H,17,20)(H,18,19). The van der Waals surface area contributed by atoms with E-state index >= 15 is 0 Å². The van der Waals surface area contributed by atoms with E-state index in [0.717, 1.165) is 19.3 Å². The number of alkyl carbamates (subject to hydrolysis) is 1. The van der Waals surface area contributed by atoms with Crippen LogP contribution in [0.15, 0.2) is 0 Å². The van der Waals surface area contributed by atoms with Crippen molar-refractivity contribution in [3.05, 3.63) is 0 Å². The molecule has 1 aliphatic rings. The third kappa shape index (κ3) is 4.61. The van der Waals surface area contributed by atoms with Crippen LogP contribution in [-0.4, -0.2) is 28.8 Å². The van der Waals surface area contributed by atoms with Gasteiger partial charge in [0, 0.05) is 0 Å². The van der Waals surface area contributed by atoms with E-state index in [1.54, 1.807) is 20.8 Å². The van der Waals surface area contributed by atoms with Crippen molar-refractivity contribution >= 4 is 12.1 Å². The minimum Gasteiger partial charge on any atom is -0.481 e. The van der Waals surface area contributed by atoms with Crippen LogP contribution in [0.5, 0.6) is 0 Å². The zero-order chi connectivity index (χ0) is 16.3. The van der Waals surface area contributed by atoms with Gasteiger partial charge in [0.25, 0.3) is 0 Å². The van der Waals surface area contributed by atoms with Crippen LogP contribution in [0.1, 0.15) is 66.7 Å². The Morgan fingerprint density at radius 2 is 1.67 bits per heavy atom. The molecule has 1 amide bonds. The molecule has 1 atom stereocenters. The summed E-state index contributed by atoms with van der Waals surface area (Å²) in [5, 5.41) is 12.6. The fourth-order valence-electron chi connectivity index (χ4n) is 3.22. The maximum absolute atomic E-state index is 12.1. The highest BCUT2D eigenvalue weighted by atomic mass is 16.6. The summed E-state index contributed by atoms with van der Waals surface area (Å²) in [6, 6.07) is -0.412. The van der Waals surface area contributed by atoms with Crippen LogP contribution < -0.4 is 5.32 Å². The molecule has 5 nitrogen and oxygen atoms in total. The second-order valence-electron chi connectivity index (χ2n) is 7.39. The molecule has 0 aromatic carbocycles. The first-order valence-electron chi connectivity index (χ1n) is 7.81. The van der Waals surface area contributed by atoms with Gasteiger partial charge in [-0.3, -0.25) is 4.79 Å². The Hall–Kier alpha value is -1.26. The van der Waals surface area contributed by atoms with Gasteiger partial charge in [0.05, 0.1) is 11.5 Å². The molecule has 1 unspecified atom stereocenters. The van der Waals surface area contributed by atoms with E-state index in [2.05, 4.69) is 5.32 Å². The average Bonchev–Trinajstić information content (AvgIpc) is 2.34. The molecule has 0 aromatic heterocycles. The minimum atomic E-state index is -0.872. The zero-order valence-electron chi connectivity index (χ0n) is 13.9. The van der Waals surface area contributed by atoms with E-state index in [9.17, 15) is 14.7 Å². The van der Waals surface area contributed by atoms with Gasteiger partial charge in [0.15, 0.2) is 0 Å². The van der Waals surface area contributed by atoms with Crippen molar-refractivity contribution in [2.75, 3.05) is 0 Å². The molecule has 122 valence electrons. The van der Waals surface area contributed by atoms with E-state index in [1.165, 1.54) is 0 Å². The van der Waals surface area contributed by atoms with Crippen molar-refractivity contribution in [1.29, 1.82) is 0 Å². The Kier molecular flexibility index (Phi) is 5.65. The molecule has 0 spiro atoms. The maximum Gasteiger partial charge on any atom is 0.407 e. The van der Waals surface area contributed by atoms with Gasteiger partial charge in [-0.15, -0.1) is 0 Å². The molecule has 0 bridgehead atoms. The largest absolute Gasteiger partial charge is 0.481 e. The lowest BCUT2D eigenvalue weighted by atomic mass is 9.66.